The Labute approximate surface area is 173 Å². The predicted octanol–water partition coefficient (Wildman–Crippen LogP) is 2.22. The number of imide groups is 1. The summed E-state index contributed by atoms with van der Waals surface area (Å²) >= 11 is 1.42. The zero-order valence-electron chi connectivity index (χ0n) is 16.3. The van der Waals surface area contributed by atoms with Crippen LogP contribution in [0, 0.1) is 0 Å². The monoisotopic (exact) mass is 419 g/mol. The van der Waals surface area contributed by atoms with Gasteiger partial charge in [0, 0.05) is 10.9 Å². The van der Waals surface area contributed by atoms with Crippen LogP contribution in [0.25, 0.3) is 0 Å². The Hall–Kier alpha value is -2.55. The Kier molecular flexibility index (Phi) is 7.13. The molecular formula is C20H25N3O5S. The molecule has 4 amide bonds. The fourth-order valence-corrected chi connectivity index (χ4v) is 4.36. The quantitative estimate of drug-likeness (QED) is 0.709. The smallest absolute Gasteiger partial charge is 0.326 e. The molecule has 1 atom stereocenters. The minimum atomic E-state index is -1.15. The molecule has 29 heavy (non-hydrogen) atoms. The van der Waals surface area contributed by atoms with Crippen molar-refractivity contribution in [2.24, 2.45) is 0 Å². The third-order valence-electron chi connectivity index (χ3n) is 4.95. The summed E-state index contributed by atoms with van der Waals surface area (Å²) in [4.78, 5) is 50.9. The topological polar surface area (TPSA) is 105 Å². The van der Waals surface area contributed by atoms with Gasteiger partial charge in [-0.25, -0.2) is 4.79 Å². The maximum Gasteiger partial charge on any atom is 0.326 e. The van der Waals surface area contributed by atoms with E-state index in [2.05, 4.69) is 10.6 Å². The predicted molar refractivity (Wildman–Crippen MR) is 109 cm³/mol. The summed E-state index contributed by atoms with van der Waals surface area (Å²) < 4.78 is 5.14. The van der Waals surface area contributed by atoms with E-state index in [-0.39, 0.29) is 24.2 Å². The summed E-state index contributed by atoms with van der Waals surface area (Å²) in [6, 6.07) is 6.78. The second-order valence-electron chi connectivity index (χ2n) is 7.17. The van der Waals surface area contributed by atoms with Gasteiger partial charge in [0.05, 0.1) is 11.4 Å². The summed E-state index contributed by atoms with van der Waals surface area (Å²) in [6.07, 6.45) is 3.93. The Bertz CT molecular complexity index is 794. The molecule has 0 saturated heterocycles. The molecule has 1 aromatic rings. The molecule has 0 aromatic heterocycles. The number of hydrogen-bond acceptors (Lipinski definition) is 6. The third-order valence-corrected chi connectivity index (χ3v) is 6.00. The van der Waals surface area contributed by atoms with Crippen LogP contribution in [0.1, 0.15) is 39.0 Å². The van der Waals surface area contributed by atoms with E-state index >= 15 is 0 Å². The van der Waals surface area contributed by atoms with Crippen molar-refractivity contribution in [1.82, 2.24) is 10.6 Å². The average molecular weight is 420 g/mol. The molecule has 1 fully saturated rings. The first-order chi connectivity index (χ1) is 13.9. The van der Waals surface area contributed by atoms with Crippen molar-refractivity contribution in [3.63, 3.8) is 0 Å². The van der Waals surface area contributed by atoms with Crippen LogP contribution in [0.3, 0.4) is 0 Å². The lowest BCUT2D eigenvalue weighted by Crippen LogP contribution is -2.49. The Morgan fingerprint density at radius 3 is 2.69 bits per heavy atom. The molecule has 0 unspecified atom stereocenters. The molecule has 3 rings (SSSR count). The van der Waals surface area contributed by atoms with Gasteiger partial charge in [0.2, 0.25) is 5.91 Å². The number of hydrogen-bond donors (Lipinski definition) is 2. The molecule has 1 heterocycles. The standard InChI is InChI=1S/C20H25N3O5S/c1-13(19(26)22-20(27)21-14-7-3-2-4-8-14)28-18(25)11-23-15-9-5-6-10-16(15)29-12-17(23)24/h5-6,9-10,13-14H,2-4,7-8,11-12H2,1H3,(H2,21,22,26,27)/t13-/m0/s1. The highest BCUT2D eigenvalue weighted by Gasteiger charge is 2.28. The number of esters is 1. The first-order valence-electron chi connectivity index (χ1n) is 9.77. The van der Waals surface area contributed by atoms with Crippen molar-refractivity contribution >= 4 is 41.3 Å². The van der Waals surface area contributed by atoms with E-state index in [1.807, 2.05) is 12.1 Å². The highest BCUT2D eigenvalue weighted by Crippen LogP contribution is 2.34. The molecule has 2 N–H and O–H groups in total. The highest BCUT2D eigenvalue weighted by atomic mass is 32.2. The van der Waals surface area contributed by atoms with E-state index in [0.29, 0.717) is 5.69 Å². The SMILES string of the molecule is C[C@H](OC(=O)CN1C(=O)CSc2ccccc21)C(=O)NC(=O)NC1CCCCC1. The van der Waals surface area contributed by atoms with E-state index in [4.69, 9.17) is 4.74 Å². The molecule has 1 aromatic carbocycles. The minimum Gasteiger partial charge on any atom is -0.451 e. The molecule has 1 aliphatic carbocycles. The number of para-hydroxylation sites is 1. The number of amides is 4. The van der Waals surface area contributed by atoms with Gasteiger partial charge < -0.3 is 10.1 Å². The molecular weight excluding hydrogens is 394 g/mol. The largest absolute Gasteiger partial charge is 0.451 e. The van der Waals surface area contributed by atoms with Gasteiger partial charge in [0.15, 0.2) is 6.10 Å². The molecule has 8 nitrogen and oxygen atoms in total. The second kappa shape index (κ2) is 9.78. The lowest BCUT2D eigenvalue weighted by molar-refractivity contribution is -0.153. The summed E-state index contributed by atoms with van der Waals surface area (Å²) in [5.74, 6) is -1.38. The number of carbonyl (C=O) groups excluding carboxylic acids is 4. The maximum absolute atomic E-state index is 12.3. The van der Waals surface area contributed by atoms with E-state index < -0.39 is 24.0 Å². The first kappa shape index (κ1) is 21.2. The number of urea groups is 1. The second-order valence-corrected chi connectivity index (χ2v) is 8.18. The van der Waals surface area contributed by atoms with Crippen LogP contribution in [0.4, 0.5) is 10.5 Å². The van der Waals surface area contributed by atoms with Crippen LogP contribution in [-0.4, -0.2) is 48.3 Å². The summed E-state index contributed by atoms with van der Waals surface area (Å²) in [5, 5.41) is 4.98. The van der Waals surface area contributed by atoms with Gasteiger partial charge in [-0.15, -0.1) is 11.8 Å². The van der Waals surface area contributed by atoms with Gasteiger partial charge in [-0.3, -0.25) is 24.6 Å². The van der Waals surface area contributed by atoms with Gasteiger partial charge in [-0.2, -0.15) is 0 Å². The zero-order chi connectivity index (χ0) is 20.8. The first-order valence-corrected chi connectivity index (χ1v) is 10.8. The van der Waals surface area contributed by atoms with Crippen molar-refractivity contribution in [2.75, 3.05) is 17.2 Å². The average Bonchev–Trinajstić information content (AvgIpc) is 2.70. The van der Waals surface area contributed by atoms with E-state index in [9.17, 15) is 19.2 Å². The van der Waals surface area contributed by atoms with E-state index in [0.717, 1.165) is 37.0 Å². The molecule has 0 spiro atoms. The number of rotatable bonds is 5. The lowest BCUT2D eigenvalue weighted by atomic mass is 9.96. The van der Waals surface area contributed by atoms with Gasteiger partial charge in [-0.1, -0.05) is 31.4 Å². The van der Waals surface area contributed by atoms with E-state index in [1.54, 1.807) is 12.1 Å². The van der Waals surface area contributed by atoms with Crippen molar-refractivity contribution in [1.29, 1.82) is 0 Å². The molecule has 2 aliphatic rings. The van der Waals surface area contributed by atoms with Crippen molar-refractivity contribution < 1.29 is 23.9 Å². The Morgan fingerprint density at radius 2 is 1.93 bits per heavy atom. The molecule has 0 bridgehead atoms. The summed E-state index contributed by atoms with van der Waals surface area (Å²) in [7, 11) is 0. The number of ether oxygens (including phenoxy) is 1. The molecule has 1 aliphatic heterocycles. The van der Waals surface area contributed by atoms with Gasteiger partial charge in [-0.05, 0) is 31.9 Å². The molecule has 9 heteroatoms. The summed E-state index contributed by atoms with van der Waals surface area (Å²) in [6.45, 7) is 1.10. The van der Waals surface area contributed by atoms with Crippen LogP contribution >= 0.6 is 11.8 Å². The number of fused-ring (bicyclic) bond motifs is 1. The number of carbonyl (C=O) groups is 4. The van der Waals surface area contributed by atoms with Crippen molar-refractivity contribution in [2.45, 2.75) is 56.1 Å². The molecule has 156 valence electrons. The normalized spacial score (nSPS) is 17.8. The summed E-state index contributed by atoms with van der Waals surface area (Å²) in [5.41, 5.74) is 0.648. The maximum atomic E-state index is 12.3. The number of anilines is 1. The van der Waals surface area contributed by atoms with Gasteiger partial charge >= 0.3 is 12.0 Å². The number of benzene rings is 1. The van der Waals surface area contributed by atoms with Crippen LogP contribution in [-0.2, 0) is 19.1 Å². The Morgan fingerprint density at radius 1 is 1.21 bits per heavy atom. The molecule has 0 radical (unpaired) electrons. The van der Waals surface area contributed by atoms with Crippen LogP contribution in [0.5, 0.6) is 0 Å². The van der Waals surface area contributed by atoms with E-state index in [1.165, 1.54) is 23.6 Å². The minimum absolute atomic E-state index is 0.0671. The Balaban J connectivity index is 1.49. The van der Waals surface area contributed by atoms with Crippen LogP contribution in [0.15, 0.2) is 29.2 Å². The molecule has 1 saturated carbocycles. The fraction of sp³-hybridized carbons (Fsp3) is 0.500. The van der Waals surface area contributed by atoms with Gasteiger partial charge in [0.25, 0.3) is 5.91 Å². The fourth-order valence-electron chi connectivity index (χ4n) is 3.43. The van der Waals surface area contributed by atoms with Crippen LogP contribution in [0.2, 0.25) is 0 Å². The van der Waals surface area contributed by atoms with Crippen molar-refractivity contribution in [3.8, 4) is 0 Å². The van der Waals surface area contributed by atoms with Gasteiger partial charge in [0.1, 0.15) is 6.54 Å². The number of nitrogens with zero attached hydrogens (tertiary/aromatic N) is 1. The highest BCUT2D eigenvalue weighted by molar-refractivity contribution is 8.00. The number of thioether (sulfide) groups is 1. The van der Waals surface area contributed by atoms with Crippen LogP contribution < -0.4 is 15.5 Å². The third kappa shape index (κ3) is 5.72. The number of nitrogens with one attached hydrogen (secondary N) is 2. The van der Waals surface area contributed by atoms with Crippen molar-refractivity contribution in [3.05, 3.63) is 24.3 Å². The lowest BCUT2D eigenvalue weighted by Gasteiger charge is -2.28. The zero-order valence-corrected chi connectivity index (χ0v) is 17.1.